The van der Waals surface area contributed by atoms with E-state index in [0.717, 1.165) is 0 Å². The van der Waals surface area contributed by atoms with Gasteiger partial charge in [0.15, 0.2) is 0 Å². The number of methoxy groups -OCH3 is 2. The maximum Gasteiger partial charge on any atom is 0.337 e. The SMILES string of the molecule is COC(=O)c1cc(C(=O)OC)cc(S(=O)(=O)N2CCC(N)CC2)c1. The van der Waals surface area contributed by atoms with Crippen LogP contribution in [-0.2, 0) is 19.5 Å². The largest absolute Gasteiger partial charge is 0.465 e. The summed E-state index contributed by atoms with van der Waals surface area (Å²) in [5, 5.41) is 0. The molecule has 9 heteroatoms. The van der Waals surface area contributed by atoms with Crippen LogP contribution in [0.2, 0.25) is 0 Å². The number of hydrogen-bond donors (Lipinski definition) is 1. The Morgan fingerprint density at radius 2 is 1.50 bits per heavy atom. The minimum Gasteiger partial charge on any atom is -0.465 e. The van der Waals surface area contributed by atoms with Crippen LogP contribution in [0.4, 0.5) is 0 Å². The molecule has 1 heterocycles. The molecule has 1 aliphatic rings. The van der Waals surface area contributed by atoms with Crippen molar-refractivity contribution in [3.05, 3.63) is 29.3 Å². The molecule has 0 atom stereocenters. The number of esters is 2. The summed E-state index contributed by atoms with van der Waals surface area (Å²) in [6.45, 7) is 0.582. The van der Waals surface area contributed by atoms with Gasteiger partial charge in [-0.3, -0.25) is 0 Å². The maximum atomic E-state index is 12.8. The van der Waals surface area contributed by atoms with E-state index in [0.29, 0.717) is 25.9 Å². The number of carbonyl (C=O) groups is 2. The van der Waals surface area contributed by atoms with E-state index in [9.17, 15) is 18.0 Å². The van der Waals surface area contributed by atoms with Gasteiger partial charge in [0.05, 0.1) is 30.2 Å². The normalized spacial score (nSPS) is 16.6. The predicted molar refractivity (Wildman–Crippen MR) is 85.1 cm³/mol. The molecule has 0 spiro atoms. The summed E-state index contributed by atoms with van der Waals surface area (Å²) in [4.78, 5) is 23.4. The Hall–Kier alpha value is -1.97. The molecule has 1 saturated heterocycles. The number of nitrogens with two attached hydrogens (primary N) is 1. The first-order valence-electron chi connectivity index (χ1n) is 7.37. The lowest BCUT2D eigenvalue weighted by molar-refractivity contribution is 0.0598. The molecule has 0 aromatic heterocycles. The van der Waals surface area contributed by atoms with Gasteiger partial charge in [0, 0.05) is 19.1 Å². The Labute approximate surface area is 140 Å². The number of rotatable bonds is 4. The van der Waals surface area contributed by atoms with Gasteiger partial charge in [0.2, 0.25) is 10.0 Å². The molecule has 1 aromatic carbocycles. The van der Waals surface area contributed by atoms with Gasteiger partial charge in [-0.1, -0.05) is 0 Å². The van der Waals surface area contributed by atoms with Crippen LogP contribution in [0.5, 0.6) is 0 Å². The maximum absolute atomic E-state index is 12.8. The number of piperidine rings is 1. The fourth-order valence-corrected chi connectivity index (χ4v) is 4.03. The molecule has 2 N–H and O–H groups in total. The molecular weight excluding hydrogens is 336 g/mol. The zero-order valence-corrected chi connectivity index (χ0v) is 14.3. The van der Waals surface area contributed by atoms with Gasteiger partial charge in [-0.15, -0.1) is 0 Å². The molecular formula is C15H20N2O6S. The summed E-state index contributed by atoms with van der Waals surface area (Å²) in [7, 11) is -1.50. The van der Waals surface area contributed by atoms with Crippen molar-refractivity contribution in [2.75, 3.05) is 27.3 Å². The summed E-state index contributed by atoms with van der Waals surface area (Å²) in [5.41, 5.74) is 5.73. The summed E-state index contributed by atoms with van der Waals surface area (Å²) in [6.07, 6.45) is 1.11. The highest BCUT2D eigenvalue weighted by Gasteiger charge is 2.30. The average molecular weight is 356 g/mol. The van der Waals surface area contributed by atoms with Crippen molar-refractivity contribution in [1.82, 2.24) is 4.31 Å². The van der Waals surface area contributed by atoms with Crippen molar-refractivity contribution in [3.8, 4) is 0 Å². The Morgan fingerprint density at radius 1 is 1.04 bits per heavy atom. The third-order valence-corrected chi connectivity index (χ3v) is 5.76. The van der Waals surface area contributed by atoms with Crippen LogP contribution in [0.1, 0.15) is 33.6 Å². The fraction of sp³-hybridized carbons (Fsp3) is 0.467. The zero-order valence-electron chi connectivity index (χ0n) is 13.5. The fourth-order valence-electron chi connectivity index (χ4n) is 2.48. The van der Waals surface area contributed by atoms with E-state index in [-0.39, 0.29) is 22.1 Å². The topological polar surface area (TPSA) is 116 Å². The number of carbonyl (C=O) groups excluding carboxylic acids is 2. The molecule has 132 valence electrons. The highest BCUT2D eigenvalue weighted by Crippen LogP contribution is 2.23. The lowest BCUT2D eigenvalue weighted by Crippen LogP contribution is -2.42. The standard InChI is InChI=1S/C15H20N2O6S/c1-22-14(18)10-7-11(15(19)23-2)9-13(8-10)24(20,21)17-5-3-12(16)4-6-17/h7-9,12H,3-6,16H2,1-2H3. The van der Waals surface area contributed by atoms with Crippen molar-refractivity contribution in [2.24, 2.45) is 5.73 Å². The first-order chi connectivity index (χ1) is 11.3. The highest BCUT2D eigenvalue weighted by atomic mass is 32.2. The third kappa shape index (κ3) is 3.74. The van der Waals surface area contributed by atoms with E-state index < -0.39 is 22.0 Å². The van der Waals surface area contributed by atoms with Crippen molar-refractivity contribution >= 4 is 22.0 Å². The molecule has 0 unspecified atom stereocenters. The molecule has 0 saturated carbocycles. The van der Waals surface area contributed by atoms with Gasteiger partial charge in [0.1, 0.15) is 0 Å². The Kier molecular flexibility index (Phi) is 5.58. The third-order valence-electron chi connectivity index (χ3n) is 3.89. The molecule has 0 amide bonds. The monoisotopic (exact) mass is 356 g/mol. The number of ether oxygens (including phenoxy) is 2. The molecule has 1 aromatic rings. The van der Waals surface area contributed by atoms with Gasteiger partial charge in [-0.25, -0.2) is 18.0 Å². The van der Waals surface area contributed by atoms with Gasteiger partial charge in [-0.05, 0) is 31.0 Å². The number of sulfonamides is 1. The van der Waals surface area contributed by atoms with Crippen LogP contribution in [0.25, 0.3) is 0 Å². The molecule has 2 rings (SSSR count). The van der Waals surface area contributed by atoms with Gasteiger partial charge in [-0.2, -0.15) is 4.31 Å². The van der Waals surface area contributed by atoms with Crippen LogP contribution in [-0.4, -0.2) is 58.0 Å². The summed E-state index contributed by atoms with van der Waals surface area (Å²) in [6, 6.07) is 3.61. The van der Waals surface area contributed by atoms with Crippen LogP contribution < -0.4 is 5.73 Å². The summed E-state index contributed by atoms with van der Waals surface area (Å²) < 4.78 is 36.1. The predicted octanol–water partition coefficient (Wildman–Crippen LogP) is 0.372. The second-order valence-electron chi connectivity index (χ2n) is 5.47. The van der Waals surface area contributed by atoms with Gasteiger partial charge in [0.25, 0.3) is 0 Å². The second-order valence-corrected chi connectivity index (χ2v) is 7.41. The lowest BCUT2D eigenvalue weighted by atomic mass is 10.1. The van der Waals surface area contributed by atoms with Crippen molar-refractivity contribution in [3.63, 3.8) is 0 Å². The van der Waals surface area contributed by atoms with Crippen LogP contribution in [0.15, 0.2) is 23.1 Å². The summed E-state index contributed by atoms with van der Waals surface area (Å²) in [5.74, 6) is -1.48. The molecule has 1 aliphatic heterocycles. The molecule has 1 fully saturated rings. The number of hydrogen-bond acceptors (Lipinski definition) is 7. The van der Waals surface area contributed by atoms with Gasteiger partial charge >= 0.3 is 11.9 Å². The minimum atomic E-state index is -3.85. The molecule has 0 bridgehead atoms. The minimum absolute atomic E-state index is 0.0246. The first-order valence-corrected chi connectivity index (χ1v) is 8.81. The highest BCUT2D eigenvalue weighted by molar-refractivity contribution is 7.89. The summed E-state index contributed by atoms with van der Waals surface area (Å²) >= 11 is 0. The van der Waals surface area contributed by atoms with Crippen LogP contribution >= 0.6 is 0 Å². The Bertz CT molecular complexity index is 704. The van der Waals surface area contributed by atoms with E-state index in [1.54, 1.807) is 0 Å². The quantitative estimate of drug-likeness (QED) is 0.775. The zero-order chi connectivity index (χ0) is 17.9. The van der Waals surface area contributed by atoms with E-state index in [4.69, 9.17) is 5.73 Å². The molecule has 24 heavy (non-hydrogen) atoms. The molecule has 0 radical (unpaired) electrons. The molecule has 0 aliphatic carbocycles. The molecule has 8 nitrogen and oxygen atoms in total. The van der Waals surface area contributed by atoms with Crippen LogP contribution in [0, 0.1) is 0 Å². The average Bonchev–Trinajstić information content (AvgIpc) is 2.60. The lowest BCUT2D eigenvalue weighted by Gasteiger charge is -2.29. The Morgan fingerprint density at radius 3 is 1.92 bits per heavy atom. The number of nitrogens with zero attached hydrogens (tertiary/aromatic N) is 1. The van der Waals surface area contributed by atoms with E-state index >= 15 is 0 Å². The van der Waals surface area contributed by atoms with Crippen molar-refractivity contribution < 1.29 is 27.5 Å². The van der Waals surface area contributed by atoms with E-state index in [1.165, 1.54) is 36.7 Å². The van der Waals surface area contributed by atoms with Crippen molar-refractivity contribution in [1.29, 1.82) is 0 Å². The van der Waals surface area contributed by atoms with E-state index in [2.05, 4.69) is 9.47 Å². The number of benzene rings is 1. The van der Waals surface area contributed by atoms with Crippen molar-refractivity contribution in [2.45, 2.75) is 23.8 Å². The Balaban J connectivity index is 2.47. The second kappa shape index (κ2) is 7.29. The smallest absolute Gasteiger partial charge is 0.337 e. The van der Waals surface area contributed by atoms with Gasteiger partial charge < -0.3 is 15.2 Å². The van der Waals surface area contributed by atoms with Crippen LogP contribution in [0.3, 0.4) is 0 Å². The van der Waals surface area contributed by atoms with E-state index in [1.807, 2.05) is 0 Å². The first kappa shape index (κ1) is 18.4.